The third-order valence-corrected chi connectivity index (χ3v) is 5.49. The van der Waals surface area contributed by atoms with Crippen molar-refractivity contribution < 1.29 is 5.11 Å². The number of aromatic nitrogens is 2. The molecule has 1 fully saturated rings. The Morgan fingerprint density at radius 2 is 2.10 bits per heavy atom. The Balaban J connectivity index is 1.82. The van der Waals surface area contributed by atoms with Crippen LogP contribution in [-0.4, -0.2) is 20.8 Å². The molecule has 0 spiro atoms. The second-order valence-corrected chi connectivity index (χ2v) is 7.21. The molecule has 1 aliphatic heterocycles. The molecular weight excluding hydrogens is 260 g/mol. The first-order valence-electron chi connectivity index (χ1n) is 7.89. The Hall–Kier alpha value is -1.61. The summed E-state index contributed by atoms with van der Waals surface area (Å²) in [6.07, 6.45) is 6.99. The molecule has 3 nitrogen and oxygen atoms in total. The van der Waals surface area contributed by atoms with Gasteiger partial charge in [0.25, 0.3) is 0 Å². The Morgan fingerprint density at radius 1 is 1.29 bits per heavy atom. The number of hydrogen-bond donors (Lipinski definition) is 1. The molecule has 2 aliphatic rings. The van der Waals surface area contributed by atoms with Crippen molar-refractivity contribution in [2.24, 2.45) is 11.3 Å². The van der Waals surface area contributed by atoms with Crippen LogP contribution in [0.4, 0.5) is 0 Å². The van der Waals surface area contributed by atoms with Crippen molar-refractivity contribution in [2.75, 3.05) is 0 Å². The van der Waals surface area contributed by atoms with Crippen LogP contribution < -0.4 is 0 Å². The molecule has 110 valence electrons. The van der Waals surface area contributed by atoms with Crippen molar-refractivity contribution in [3.8, 4) is 11.3 Å². The van der Waals surface area contributed by atoms with E-state index in [9.17, 15) is 5.11 Å². The normalized spacial score (nSPS) is 30.0. The predicted molar refractivity (Wildman–Crippen MR) is 82.9 cm³/mol. The summed E-state index contributed by atoms with van der Waals surface area (Å²) < 4.78 is 2.26. The lowest BCUT2D eigenvalue weighted by molar-refractivity contribution is -0.0443. The molecule has 0 bridgehead atoms. The first-order valence-corrected chi connectivity index (χ1v) is 7.89. The number of aliphatic hydroxyl groups excluding tert-OH is 1. The lowest BCUT2D eigenvalue weighted by Gasteiger charge is -2.43. The fraction of sp³-hybridized carbons (Fsp3) is 0.500. The van der Waals surface area contributed by atoms with Gasteiger partial charge in [0.2, 0.25) is 0 Å². The predicted octanol–water partition coefficient (Wildman–Crippen LogP) is 3.64. The number of aliphatic hydroxyl groups is 1. The van der Waals surface area contributed by atoms with Gasteiger partial charge in [-0.1, -0.05) is 44.5 Å². The monoisotopic (exact) mass is 282 g/mol. The molecule has 2 heterocycles. The Kier molecular flexibility index (Phi) is 2.77. The average Bonchev–Trinajstić information content (AvgIpc) is 3.03. The van der Waals surface area contributed by atoms with Gasteiger partial charge in [0.05, 0.1) is 30.4 Å². The van der Waals surface area contributed by atoms with Crippen LogP contribution in [0.3, 0.4) is 0 Å². The summed E-state index contributed by atoms with van der Waals surface area (Å²) in [6.45, 7) is 4.39. The Morgan fingerprint density at radius 3 is 2.95 bits per heavy atom. The lowest BCUT2D eigenvalue weighted by atomic mass is 9.66. The molecule has 1 aromatic heterocycles. The van der Waals surface area contributed by atoms with Gasteiger partial charge in [-0.3, -0.25) is 0 Å². The highest BCUT2D eigenvalue weighted by molar-refractivity contribution is 5.69. The van der Waals surface area contributed by atoms with Gasteiger partial charge in [-0.15, -0.1) is 0 Å². The number of rotatable bonds is 1. The molecule has 4 rings (SSSR count). The minimum Gasteiger partial charge on any atom is -0.392 e. The van der Waals surface area contributed by atoms with Gasteiger partial charge in [-0.05, 0) is 23.8 Å². The van der Waals surface area contributed by atoms with Crippen LogP contribution in [0.5, 0.6) is 0 Å². The maximum absolute atomic E-state index is 10.9. The Labute approximate surface area is 125 Å². The third kappa shape index (κ3) is 1.80. The maximum Gasteiger partial charge on any atom is 0.0956 e. The van der Waals surface area contributed by atoms with Crippen molar-refractivity contribution in [3.05, 3.63) is 42.4 Å². The number of benzene rings is 1. The van der Waals surface area contributed by atoms with E-state index in [1.807, 2.05) is 12.5 Å². The SMILES string of the molecule is CC1(C)CCC[C@H]([C@@H]2c3ccccc3-c3cncn32)[C@@H]1O. The van der Waals surface area contributed by atoms with E-state index in [0.29, 0.717) is 0 Å². The van der Waals surface area contributed by atoms with Crippen LogP contribution in [0.15, 0.2) is 36.8 Å². The van der Waals surface area contributed by atoms with Gasteiger partial charge < -0.3 is 9.67 Å². The minimum atomic E-state index is -0.266. The molecule has 3 atom stereocenters. The molecule has 0 saturated heterocycles. The molecule has 1 saturated carbocycles. The molecular formula is C18H22N2O. The first kappa shape index (κ1) is 13.1. The number of nitrogens with zero attached hydrogens (tertiary/aromatic N) is 2. The van der Waals surface area contributed by atoms with Crippen molar-refractivity contribution in [1.29, 1.82) is 0 Å². The van der Waals surface area contributed by atoms with Crippen LogP contribution in [-0.2, 0) is 0 Å². The van der Waals surface area contributed by atoms with Gasteiger partial charge in [0.15, 0.2) is 0 Å². The van der Waals surface area contributed by atoms with Crippen molar-refractivity contribution >= 4 is 0 Å². The highest BCUT2D eigenvalue weighted by atomic mass is 16.3. The van der Waals surface area contributed by atoms with Crippen LogP contribution in [0.1, 0.15) is 44.7 Å². The highest BCUT2D eigenvalue weighted by Gasteiger charge is 2.45. The van der Waals surface area contributed by atoms with Crippen molar-refractivity contribution in [1.82, 2.24) is 9.55 Å². The molecule has 0 radical (unpaired) electrons. The second-order valence-electron chi connectivity index (χ2n) is 7.21. The molecule has 1 N–H and O–H groups in total. The van der Waals surface area contributed by atoms with Gasteiger partial charge >= 0.3 is 0 Å². The van der Waals surface area contributed by atoms with Gasteiger partial charge in [-0.25, -0.2) is 4.98 Å². The van der Waals surface area contributed by atoms with E-state index >= 15 is 0 Å². The molecule has 3 heteroatoms. The fourth-order valence-electron chi connectivity index (χ4n) is 4.32. The van der Waals surface area contributed by atoms with E-state index in [-0.39, 0.29) is 23.5 Å². The topological polar surface area (TPSA) is 38.0 Å². The van der Waals surface area contributed by atoms with E-state index in [1.165, 1.54) is 23.2 Å². The van der Waals surface area contributed by atoms with E-state index in [4.69, 9.17) is 0 Å². The summed E-state index contributed by atoms with van der Waals surface area (Å²) >= 11 is 0. The highest BCUT2D eigenvalue weighted by Crippen LogP contribution is 2.50. The number of imidazole rings is 1. The molecule has 21 heavy (non-hydrogen) atoms. The molecule has 1 aromatic carbocycles. The number of hydrogen-bond acceptors (Lipinski definition) is 2. The van der Waals surface area contributed by atoms with E-state index < -0.39 is 0 Å². The number of fused-ring (bicyclic) bond motifs is 3. The van der Waals surface area contributed by atoms with E-state index in [0.717, 1.165) is 12.8 Å². The smallest absolute Gasteiger partial charge is 0.0956 e. The second kappa shape index (κ2) is 4.44. The summed E-state index contributed by atoms with van der Waals surface area (Å²) in [5.41, 5.74) is 3.81. The zero-order chi connectivity index (χ0) is 14.6. The van der Waals surface area contributed by atoms with Gasteiger partial charge in [0, 0.05) is 11.5 Å². The largest absolute Gasteiger partial charge is 0.392 e. The lowest BCUT2D eigenvalue weighted by Crippen LogP contribution is -2.43. The summed E-state index contributed by atoms with van der Waals surface area (Å²) in [5, 5.41) is 10.9. The first-order chi connectivity index (χ1) is 10.1. The summed E-state index contributed by atoms with van der Waals surface area (Å²) in [4.78, 5) is 4.33. The molecule has 0 amide bonds. The zero-order valence-corrected chi connectivity index (χ0v) is 12.7. The van der Waals surface area contributed by atoms with Crippen LogP contribution in [0.25, 0.3) is 11.3 Å². The van der Waals surface area contributed by atoms with Crippen LogP contribution >= 0.6 is 0 Å². The quantitative estimate of drug-likeness (QED) is 0.867. The van der Waals surface area contributed by atoms with Gasteiger partial charge in [-0.2, -0.15) is 0 Å². The average molecular weight is 282 g/mol. The van der Waals surface area contributed by atoms with E-state index in [2.05, 4.69) is 47.7 Å². The van der Waals surface area contributed by atoms with E-state index in [1.54, 1.807) is 0 Å². The standard InChI is InChI=1S/C18H22N2O/c1-18(2)9-5-8-14(17(18)21)16-13-7-4-3-6-12(13)15-10-19-11-20(15)16/h3-4,6-7,10-11,14,16-17,21H,5,8-9H2,1-2H3/t14-,16+,17+/m1/s1. The summed E-state index contributed by atoms with van der Waals surface area (Å²) in [5.74, 6) is 0.269. The fourth-order valence-corrected chi connectivity index (χ4v) is 4.32. The molecule has 1 aliphatic carbocycles. The van der Waals surface area contributed by atoms with Gasteiger partial charge in [0.1, 0.15) is 0 Å². The zero-order valence-electron chi connectivity index (χ0n) is 12.7. The Bertz CT molecular complexity index is 673. The maximum atomic E-state index is 10.9. The summed E-state index contributed by atoms with van der Waals surface area (Å²) in [7, 11) is 0. The van der Waals surface area contributed by atoms with Crippen LogP contribution in [0, 0.1) is 11.3 Å². The van der Waals surface area contributed by atoms with Crippen LogP contribution in [0.2, 0.25) is 0 Å². The molecule has 2 aromatic rings. The third-order valence-electron chi connectivity index (χ3n) is 5.49. The summed E-state index contributed by atoms with van der Waals surface area (Å²) in [6, 6.07) is 8.80. The van der Waals surface area contributed by atoms with Crippen molar-refractivity contribution in [3.63, 3.8) is 0 Å². The molecule has 0 unspecified atom stereocenters. The van der Waals surface area contributed by atoms with Crippen molar-refractivity contribution in [2.45, 2.75) is 45.3 Å². The minimum absolute atomic E-state index is 0.00119.